The molecule has 19 heavy (non-hydrogen) atoms. The summed E-state index contributed by atoms with van der Waals surface area (Å²) in [6.07, 6.45) is -4.05. The molecule has 0 unspecified atom stereocenters. The van der Waals surface area contributed by atoms with E-state index in [9.17, 15) is 22.4 Å². The van der Waals surface area contributed by atoms with Crippen molar-refractivity contribution in [1.29, 1.82) is 0 Å². The molecule has 0 aliphatic heterocycles. The van der Waals surface area contributed by atoms with Crippen LogP contribution in [0, 0.1) is 6.92 Å². The number of nitrogens with one attached hydrogen (secondary N) is 1. The number of amides is 1. The van der Waals surface area contributed by atoms with E-state index in [4.69, 9.17) is 0 Å². The monoisotopic (exact) mass is 292 g/mol. The topological polar surface area (TPSA) is 42.0 Å². The molecule has 102 valence electrons. The predicted octanol–water partition coefficient (Wildman–Crippen LogP) is 3.44. The van der Waals surface area contributed by atoms with Gasteiger partial charge in [0.2, 0.25) is 0 Å². The van der Waals surface area contributed by atoms with Crippen LogP contribution in [0.2, 0.25) is 0 Å². The van der Waals surface area contributed by atoms with Crippen molar-refractivity contribution in [3.8, 4) is 0 Å². The van der Waals surface area contributed by atoms with Gasteiger partial charge in [-0.15, -0.1) is 0 Å². The highest BCUT2D eigenvalue weighted by molar-refractivity contribution is 7.22. The van der Waals surface area contributed by atoms with Gasteiger partial charge >= 0.3 is 18.3 Å². The van der Waals surface area contributed by atoms with Gasteiger partial charge < -0.3 is 0 Å². The molecule has 2 aromatic rings. The van der Waals surface area contributed by atoms with Gasteiger partial charge in [-0.3, -0.25) is 10.1 Å². The van der Waals surface area contributed by atoms with Gasteiger partial charge in [-0.05, 0) is 24.6 Å². The minimum atomic E-state index is -4.73. The molecule has 2 rings (SSSR count). The van der Waals surface area contributed by atoms with Crippen molar-refractivity contribution in [1.82, 2.24) is 4.98 Å². The Labute approximate surface area is 109 Å². The number of benzene rings is 1. The van der Waals surface area contributed by atoms with Crippen molar-refractivity contribution < 1.29 is 22.4 Å². The molecule has 0 saturated carbocycles. The van der Waals surface area contributed by atoms with E-state index < -0.39 is 18.3 Å². The predicted molar refractivity (Wildman–Crippen MR) is 63.9 cm³/mol. The van der Waals surface area contributed by atoms with Crippen LogP contribution in [-0.4, -0.2) is 23.2 Å². The number of rotatable bonds is 3. The second kappa shape index (κ2) is 4.76. The summed E-state index contributed by atoms with van der Waals surface area (Å²) in [7, 11) is 0. The lowest BCUT2D eigenvalue weighted by molar-refractivity contribution is -0.163. The fourth-order valence-electron chi connectivity index (χ4n) is 1.36. The van der Waals surface area contributed by atoms with E-state index in [2.05, 4.69) is 4.98 Å². The normalized spacial score (nSPS) is 12.1. The molecule has 0 saturated heterocycles. The number of halogens is 4. The molecule has 1 heterocycles. The number of alkyl halides is 4. The van der Waals surface area contributed by atoms with Crippen molar-refractivity contribution >= 4 is 32.6 Å². The Morgan fingerprint density at radius 3 is 2.74 bits per heavy atom. The molecule has 1 aromatic heterocycles. The maximum Gasteiger partial charge on any atom is 0.383 e. The first-order chi connectivity index (χ1) is 8.80. The largest absolute Gasteiger partial charge is 0.383 e. The zero-order valence-electron chi connectivity index (χ0n) is 9.58. The summed E-state index contributed by atoms with van der Waals surface area (Å²) in [5.74, 6) is -6.79. The van der Waals surface area contributed by atoms with Crippen molar-refractivity contribution in [3.05, 3.63) is 23.8 Å². The number of aryl methyl sites for hydroxylation is 1. The van der Waals surface area contributed by atoms with Crippen molar-refractivity contribution in [2.45, 2.75) is 19.3 Å². The summed E-state index contributed by atoms with van der Waals surface area (Å²) in [6.45, 7) is 1.84. The summed E-state index contributed by atoms with van der Waals surface area (Å²) in [6, 6.07) is 5.18. The molecule has 0 aliphatic carbocycles. The fourth-order valence-corrected chi connectivity index (χ4v) is 2.32. The molecule has 8 heteroatoms. The van der Waals surface area contributed by atoms with E-state index in [1.54, 1.807) is 23.5 Å². The van der Waals surface area contributed by atoms with E-state index in [-0.39, 0.29) is 5.13 Å². The number of carbonyl (C=O) groups excluding carboxylic acids is 1. The Bertz CT molecular complexity index is 626. The smallest absolute Gasteiger partial charge is 0.296 e. The van der Waals surface area contributed by atoms with Crippen LogP contribution in [0.25, 0.3) is 10.2 Å². The lowest BCUT2D eigenvalue weighted by Crippen LogP contribution is -2.40. The first kappa shape index (κ1) is 13.7. The van der Waals surface area contributed by atoms with Crippen LogP contribution in [0.1, 0.15) is 5.56 Å². The quantitative estimate of drug-likeness (QED) is 0.880. The summed E-state index contributed by atoms with van der Waals surface area (Å²) in [4.78, 5) is 14.9. The van der Waals surface area contributed by atoms with Gasteiger partial charge in [0, 0.05) is 0 Å². The first-order valence-corrected chi connectivity index (χ1v) is 5.97. The number of carbonyl (C=O) groups is 1. The average Bonchev–Trinajstić information content (AvgIpc) is 2.69. The Hall–Kier alpha value is -1.70. The van der Waals surface area contributed by atoms with Crippen molar-refractivity contribution in [2.75, 3.05) is 5.32 Å². The van der Waals surface area contributed by atoms with Gasteiger partial charge in [0.15, 0.2) is 5.13 Å². The highest BCUT2D eigenvalue weighted by atomic mass is 32.1. The van der Waals surface area contributed by atoms with Crippen LogP contribution < -0.4 is 5.32 Å². The maximum absolute atomic E-state index is 12.8. The molecule has 3 nitrogen and oxygen atoms in total. The third kappa shape index (κ3) is 2.67. The second-order valence-electron chi connectivity index (χ2n) is 3.87. The fraction of sp³-hybridized carbons (Fsp3) is 0.273. The number of aromatic nitrogens is 1. The Balaban J connectivity index is 2.24. The van der Waals surface area contributed by atoms with E-state index in [0.29, 0.717) is 10.2 Å². The molecular formula is C11H8F4N2OS. The first-order valence-electron chi connectivity index (χ1n) is 5.15. The molecular weight excluding hydrogens is 284 g/mol. The minimum Gasteiger partial charge on any atom is -0.296 e. The SMILES string of the molecule is Cc1ccc2nc(NC(=O)C(F)(F)C(F)F)sc2c1. The number of anilines is 1. The third-order valence-corrected chi connectivity index (χ3v) is 3.27. The van der Waals surface area contributed by atoms with Crippen LogP contribution >= 0.6 is 11.3 Å². The molecule has 0 fully saturated rings. The lowest BCUT2D eigenvalue weighted by Gasteiger charge is -2.13. The molecule has 0 aliphatic rings. The zero-order valence-corrected chi connectivity index (χ0v) is 10.4. The summed E-state index contributed by atoms with van der Waals surface area (Å²) in [5.41, 5.74) is 1.44. The van der Waals surface area contributed by atoms with Crippen LogP contribution in [-0.2, 0) is 4.79 Å². The van der Waals surface area contributed by atoms with Crippen LogP contribution in [0.4, 0.5) is 22.7 Å². The van der Waals surface area contributed by atoms with Gasteiger partial charge in [-0.25, -0.2) is 13.8 Å². The van der Waals surface area contributed by atoms with E-state index in [0.717, 1.165) is 16.9 Å². The molecule has 1 N–H and O–H groups in total. The van der Waals surface area contributed by atoms with Crippen molar-refractivity contribution in [2.24, 2.45) is 0 Å². The van der Waals surface area contributed by atoms with Crippen LogP contribution in [0.3, 0.4) is 0 Å². The second-order valence-corrected chi connectivity index (χ2v) is 4.90. The van der Waals surface area contributed by atoms with Gasteiger partial charge in [-0.1, -0.05) is 17.4 Å². The average molecular weight is 292 g/mol. The van der Waals surface area contributed by atoms with Gasteiger partial charge in [0.25, 0.3) is 0 Å². The number of hydrogen-bond acceptors (Lipinski definition) is 3. The molecule has 1 aromatic carbocycles. The van der Waals surface area contributed by atoms with Crippen LogP contribution in [0.5, 0.6) is 0 Å². The molecule has 0 spiro atoms. The number of nitrogens with zero attached hydrogens (tertiary/aromatic N) is 1. The van der Waals surface area contributed by atoms with Crippen molar-refractivity contribution in [3.63, 3.8) is 0 Å². The highest BCUT2D eigenvalue weighted by Gasteiger charge is 2.49. The highest BCUT2D eigenvalue weighted by Crippen LogP contribution is 2.29. The van der Waals surface area contributed by atoms with E-state index in [1.165, 1.54) is 0 Å². The van der Waals surface area contributed by atoms with Gasteiger partial charge in [0.1, 0.15) is 0 Å². The number of hydrogen-bond donors (Lipinski definition) is 1. The summed E-state index contributed by atoms with van der Waals surface area (Å²) < 4.78 is 50.2. The summed E-state index contributed by atoms with van der Waals surface area (Å²) in [5, 5.41) is 1.58. The van der Waals surface area contributed by atoms with E-state index in [1.807, 2.05) is 6.92 Å². The molecule has 1 amide bonds. The number of fused-ring (bicyclic) bond motifs is 1. The number of thiazole rings is 1. The van der Waals surface area contributed by atoms with Crippen LogP contribution in [0.15, 0.2) is 18.2 Å². The maximum atomic E-state index is 12.8. The Morgan fingerprint density at radius 2 is 2.11 bits per heavy atom. The molecule has 0 bridgehead atoms. The van der Waals surface area contributed by atoms with E-state index >= 15 is 0 Å². The Kier molecular flexibility index (Phi) is 3.44. The van der Waals surface area contributed by atoms with Gasteiger partial charge in [-0.2, -0.15) is 8.78 Å². The molecule has 0 radical (unpaired) electrons. The third-order valence-electron chi connectivity index (χ3n) is 2.34. The summed E-state index contributed by atoms with van der Waals surface area (Å²) >= 11 is 0.946. The standard InChI is InChI=1S/C11H8F4N2OS/c1-5-2-3-6-7(4-5)19-10(16-6)17-9(18)11(14,15)8(12)13/h2-4,8H,1H3,(H,16,17,18). The lowest BCUT2D eigenvalue weighted by atomic mass is 10.2. The minimum absolute atomic E-state index is 0.133. The Morgan fingerprint density at radius 1 is 1.42 bits per heavy atom. The molecule has 0 atom stereocenters. The zero-order chi connectivity index (χ0) is 14.2. The van der Waals surface area contributed by atoms with Gasteiger partial charge in [0.05, 0.1) is 10.2 Å².